The van der Waals surface area contributed by atoms with Crippen molar-refractivity contribution in [2.45, 2.75) is 25.7 Å². The fourth-order valence-corrected chi connectivity index (χ4v) is 3.14. The van der Waals surface area contributed by atoms with Crippen molar-refractivity contribution in [2.24, 2.45) is 5.92 Å². The maximum Gasteiger partial charge on any atom is 0.226 e. The van der Waals surface area contributed by atoms with Gasteiger partial charge in [0.1, 0.15) is 0 Å². The lowest BCUT2D eigenvalue weighted by atomic mass is 10.1. The second-order valence-corrected chi connectivity index (χ2v) is 5.80. The first-order chi connectivity index (χ1) is 9.78. The van der Waals surface area contributed by atoms with Crippen LogP contribution < -0.4 is 9.80 Å². The summed E-state index contributed by atoms with van der Waals surface area (Å²) in [6.07, 6.45) is 3.84. The predicted molar refractivity (Wildman–Crippen MR) is 80.1 cm³/mol. The Balaban J connectivity index is 1.70. The third-order valence-electron chi connectivity index (χ3n) is 4.39. The largest absolute Gasteiger partial charge is 0.396 e. The molecule has 0 saturated carbocycles. The Hall–Kier alpha value is -1.55. The molecule has 1 atom stereocenters. The number of aliphatic hydroxyl groups excluding tert-OH is 1. The van der Waals surface area contributed by atoms with Crippen molar-refractivity contribution in [3.8, 4) is 0 Å². The van der Waals surface area contributed by atoms with E-state index in [4.69, 9.17) is 0 Å². The number of rotatable bonds is 3. The van der Waals surface area contributed by atoms with E-state index >= 15 is 0 Å². The third-order valence-corrected chi connectivity index (χ3v) is 4.39. The number of aliphatic hydroxyl groups is 1. The van der Waals surface area contributed by atoms with E-state index < -0.39 is 0 Å². The minimum atomic E-state index is 0.241. The van der Waals surface area contributed by atoms with Gasteiger partial charge in [-0.2, -0.15) is 0 Å². The molecule has 0 bridgehead atoms. The van der Waals surface area contributed by atoms with Gasteiger partial charge < -0.3 is 14.9 Å². The van der Waals surface area contributed by atoms with Crippen LogP contribution in [-0.2, 0) is 4.79 Å². The van der Waals surface area contributed by atoms with Crippen molar-refractivity contribution in [3.63, 3.8) is 0 Å². The van der Waals surface area contributed by atoms with Crippen LogP contribution in [0.5, 0.6) is 0 Å². The van der Waals surface area contributed by atoms with Crippen LogP contribution in [0.25, 0.3) is 0 Å². The van der Waals surface area contributed by atoms with Gasteiger partial charge in [-0.3, -0.25) is 4.79 Å². The number of carbonyl (C=O) groups excluding carboxylic acids is 1. The van der Waals surface area contributed by atoms with Crippen LogP contribution in [0.1, 0.15) is 25.7 Å². The van der Waals surface area contributed by atoms with Gasteiger partial charge in [0.25, 0.3) is 0 Å². The zero-order valence-corrected chi connectivity index (χ0v) is 11.8. The molecule has 20 heavy (non-hydrogen) atoms. The molecule has 4 heteroatoms. The van der Waals surface area contributed by atoms with E-state index in [1.165, 1.54) is 5.69 Å². The van der Waals surface area contributed by atoms with Crippen LogP contribution in [0.3, 0.4) is 0 Å². The van der Waals surface area contributed by atoms with Gasteiger partial charge >= 0.3 is 0 Å². The summed E-state index contributed by atoms with van der Waals surface area (Å²) >= 11 is 0. The number of anilines is 2. The molecular formula is C16H22N2O2. The highest BCUT2D eigenvalue weighted by atomic mass is 16.3. The summed E-state index contributed by atoms with van der Waals surface area (Å²) in [6.45, 7) is 3.05. The first kappa shape index (κ1) is 13.4. The number of hydrogen-bond donors (Lipinski definition) is 1. The van der Waals surface area contributed by atoms with Crippen molar-refractivity contribution in [1.29, 1.82) is 0 Å². The average molecular weight is 274 g/mol. The van der Waals surface area contributed by atoms with Crippen LogP contribution in [0.2, 0.25) is 0 Å². The Kier molecular flexibility index (Phi) is 3.92. The Labute approximate surface area is 120 Å². The van der Waals surface area contributed by atoms with Gasteiger partial charge in [-0.15, -0.1) is 0 Å². The molecule has 1 unspecified atom stereocenters. The van der Waals surface area contributed by atoms with E-state index in [-0.39, 0.29) is 12.5 Å². The summed E-state index contributed by atoms with van der Waals surface area (Å²) in [5, 5.41) is 9.20. The maximum absolute atomic E-state index is 11.9. The molecule has 2 aliphatic rings. The minimum absolute atomic E-state index is 0.241. The lowest BCUT2D eigenvalue weighted by Gasteiger charge is -2.27. The molecule has 2 fully saturated rings. The summed E-state index contributed by atoms with van der Waals surface area (Å²) in [7, 11) is 0. The topological polar surface area (TPSA) is 43.8 Å². The summed E-state index contributed by atoms with van der Waals surface area (Å²) in [5.41, 5.74) is 2.20. The van der Waals surface area contributed by atoms with Crippen molar-refractivity contribution >= 4 is 17.3 Å². The monoisotopic (exact) mass is 274 g/mol. The highest BCUT2D eigenvalue weighted by Crippen LogP contribution is 2.27. The molecule has 1 aromatic carbocycles. The van der Waals surface area contributed by atoms with Gasteiger partial charge in [-0.25, -0.2) is 0 Å². The van der Waals surface area contributed by atoms with Gasteiger partial charge in [0, 0.05) is 50.0 Å². The molecule has 0 aliphatic carbocycles. The van der Waals surface area contributed by atoms with Crippen molar-refractivity contribution in [2.75, 3.05) is 36.0 Å². The Morgan fingerprint density at radius 1 is 1.10 bits per heavy atom. The smallest absolute Gasteiger partial charge is 0.226 e. The van der Waals surface area contributed by atoms with Crippen molar-refractivity contribution in [1.82, 2.24) is 0 Å². The molecule has 2 saturated heterocycles. The minimum Gasteiger partial charge on any atom is -0.396 e. The molecule has 0 radical (unpaired) electrons. The number of piperidine rings is 1. The van der Waals surface area contributed by atoms with Crippen LogP contribution >= 0.6 is 0 Å². The zero-order valence-electron chi connectivity index (χ0n) is 11.8. The molecule has 1 aromatic rings. The fraction of sp³-hybridized carbons (Fsp3) is 0.562. The Morgan fingerprint density at radius 2 is 1.85 bits per heavy atom. The van der Waals surface area contributed by atoms with Crippen LogP contribution in [0.4, 0.5) is 11.4 Å². The van der Waals surface area contributed by atoms with E-state index in [1.807, 2.05) is 17.0 Å². The lowest BCUT2D eigenvalue weighted by Crippen LogP contribution is -2.35. The highest BCUT2D eigenvalue weighted by Gasteiger charge is 2.23. The first-order valence-electron chi connectivity index (χ1n) is 7.54. The van der Waals surface area contributed by atoms with Gasteiger partial charge in [0.05, 0.1) is 0 Å². The predicted octanol–water partition coefficient (Wildman–Crippen LogP) is 2.02. The number of hydrogen-bond acceptors (Lipinski definition) is 3. The molecule has 0 spiro atoms. The molecule has 0 aromatic heterocycles. The van der Waals surface area contributed by atoms with Crippen LogP contribution in [0.15, 0.2) is 24.3 Å². The van der Waals surface area contributed by atoms with E-state index in [0.717, 1.165) is 44.6 Å². The number of nitrogens with zero attached hydrogens (tertiary/aromatic N) is 2. The van der Waals surface area contributed by atoms with Crippen LogP contribution in [0, 0.1) is 5.92 Å². The Morgan fingerprint density at radius 3 is 2.50 bits per heavy atom. The molecular weight excluding hydrogens is 252 g/mol. The lowest BCUT2D eigenvalue weighted by molar-refractivity contribution is -0.119. The SMILES string of the molecule is O=C1CCCCN1c1ccc(N2CCC(CO)C2)cc1. The van der Waals surface area contributed by atoms with E-state index in [9.17, 15) is 9.90 Å². The summed E-state index contributed by atoms with van der Waals surface area (Å²) in [4.78, 5) is 16.1. The quantitative estimate of drug-likeness (QED) is 0.917. The molecule has 2 aliphatic heterocycles. The fourth-order valence-electron chi connectivity index (χ4n) is 3.14. The maximum atomic E-state index is 11.9. The molecule has 108 valence electrons. The van der Waals surface area contributed by atoms with Gasteiger partial charge in [-0.1, -0.05) is 0 Å². The summed E-state index contributed by atoms with van der Waals surface area (Å²) in [5.74, 6) is 0.642. The zero-order chi connectivity index (χ0) is 13.9. The first-order valence-corrected chi connectivity index (χ1v) is 7.54. The van der Waals surface area contributed by atoms with Crippen LogP contribution in [-0.4, -0.2) is 37.3 Å². The molecule has 1 N–H and O–H groups in total. The molecule has 1 amide bonds. The van der Waals surface area contributed by atoms with Crippen molar-refractivity contribution in [3.05, 3.63) is 24.3 Å². The normalized spacial score (nSPS) is 23.4. The van der Waals surface area contributed by atoms with Gasteiger partial charge in [-0.05, 0) is 43.5 Å². The van der Waals surface area contributed by atoms with E-state index in [2.05, 4.69) is 17.0 Å². The van der Waals surface area contributed by atoms with E-state index in [0.29, 0.717) is 12.3 Å². The molecule has 3 rings (SSSR count). The second-order valence-electron chi connectivity index (χ2n) is 5.80. The highest BCUT2D eigenvalue weighted by molar-refractivity contribution is 5.94. The summed E-state index contributed by atoms with van der Waals surface area (Å²) in [6, 6.07) is 8.28. The Bertz CT molecular complexity index is 472. The van der Waals surface area contributed by atoms with Gasteiger partial charge in [0.2, 0.25) is 5.91 Å². The number of benzene rings is 1. The van der Waals surface area contributed by atoms with Crippen molar-refractivity contribution < 1.29 is 9.90 Å². The number of carbonyl (C=O) groups is 1. The number of amides is 1. The van der Waals surface area contributed by atoms with E-state index in [1.54, 1.807) is 0 Å². The standard InChI is InChI=1S/C16H22N2O2/c19-12-13-8-10-17(11-13)14-4-6-15(7-5-14)18-9-2-1-3-16(18)20/h4-7,13,19H,1-3,8-12H2. The molecule has 2 heterocycles. The molecule has 4 nitrogen and oxygen atoms in total. The van der Waals surface area contributed by atoms with Gasteiger partial charge in [0.15, 0.2) is 0 Å². The second kappa shape index (κ2) is 5.83. The third kappa shape index (κ3) is 2.66. The average Bonchev–Trinajstić information content (AvgIpc) is 2.97. The summed E-state index contributed by atoms with van der Waals surface area (Å²) < 4.78 is 0.